The smallest absolute Gasteiger partial charge is 0.241 e. The summed E-state index contributed by atoms with van der Waals surface area (Å²) in [4.78, 5) is 5.30. The van der Waals surface area contributed by atoms with Crippen molar-refractivity contribution < 1.29 is 4.42 Å². The van der Waals surface area contributed by atoms with E-state index in [4.69, 9.17) is 10.2 Å². The number of hydrogen-bond acceptors (Lipinski definition) is 6. The second-order valence-electron chi connectivity index (χ2n) is 3.65. The lowest BCUT2D eigenvalue weighted by Crippen LogP contribution is -1.83. The first kappa shape index (κ1) is 10.2. The van der Waals surface area contributed by atoms with Gasteiger partial charge in [0.2, 0.25) is 5.89 Å². The second kappa shape index (κ2) is 3.81. The average molecular weight is 246 g/mol. The molecule has 17 heavy (non-hydrogen) atoms. The van der Waals surface area contributed by atoms with Crippen LogP contribution >= 0.6 is 11.5 Å². The van der Waals surface area contributed by atoms with Crippen LogP contribution in [0.2, 0.25) is 0 Å². The molecule has 0 unspecified atom stereocenters. The molecule has 0 radical (unpaired) electrons. The minimum absolute atomic E-state index is 0.567. The zero-order valence-electron chi connectivity index (χ0n) is 9.17. The number of fused-ring (bicyclic) bond motifs is 1. The minimum Gasteiger partial charge on any atom is -0.435 e. The first-order valence-electron chi connectivity index (χ1n) is 5.25. The van der Waals surface area contributed by atoms with Crippen molar-refractivity contribution in [2.75, 3.05) is 5.73 Å². The van der Waals surface area contributed by atoms with Crippen LogP contribution in [0.1, 0.15) is 12.6 Å². The summed E-state index contributed by atoms with van der Waals surface area (Å²) in [6.45, 7) is 2.03. The molecule has 5 nitrogen and oxygen atoms in total. The lowest BCUT2D eigenvalue weighted by Gasteiger charge is -1.90. The normalized spacial score (nSPS) is 11.1. The van der Waals surface area contributed by atoms with Crippen molar-refractivity contribution in [2.45, 2.75) is 13.3 Å². The van der Waals surface area contributed by atoms with Crippen molar-refractivity contribution in [3.05, 3.63) is 23.9 Å². The molecule has 2 aromatic heterocycles. The molecule has 86 valence electrons. The monoisotopic (exact) mass is 246 g/mol. The standard InChI is InChI=1S/C11H10N4OS/c1-2-7-10(17-15-14-7)11-13-8-4-3-6(12)5-9(8)16-11/h3-5H,2,12H2,1H3. The van der Waals surface area contributed by atoms with Gasteiger partial charge < -0.3 is 10.2 Å². The Hall–Kier alpha value is -1.95. The van der Waals surface area contributed by atoms with E-state index in [-0.39, 0.29) is 0 Å². The highest BCUT2D eigenvalue weighted by molar-refractivity contribution is 7.09. The van der Waals surface area contributed by atoms with E-state index in [1.165, 1.54) is 11.5 Å². The minimum atomic E-state index is 0.567. The number of aromatic nitrogens is 3. The third kappa shape index (κ3) is 1.66. The number of nitrogens with zero attached hydrogens (tertiary/aromatic N) is 3. The Labute approximate surface area is 101 Å². The highest BCUT2D eigenvalue weighted by atomic mass is 32.1. The van der Waals surface area contributed by atoms with Crippen LogP contribution in [0.15, 0.2) is 22.6 Å². The summed E-state index contributed by atoms with van der Waals surface area (Å²) in [6, 6.07) is 5.42. The number of rotatable bonds is 2. The van der Waals surface area contributed by atoms with Crippen LogP contribution in [0.4, 0.5) is 5.69 Å². The highest BCUT2D eigenvalue weighted by Crippen LogP contribution is 2.29. The molecule has 0 aliphatic rings. The first-order chi connectivity index (χ1) is 8.28. The fourth-order valence-electron chi connectivity index (χ4n) is 1.64. The molecule has 0 spiro atoms. The third-order valence-electron chi connectivity index (χ3n) is 2.50. The maximum atomic E-state index is 5.70. The van der Waals surface area contributed by atoms with Crippen LogP contribution in [0.25, 0.3) is 21.9 Å². The zero-order valence-corrected chi connectivity index (χ0v) is 9.99. The largest absolute Gasteiger partial charge is 0.435 e. The van der Waals surface area contributed by atoms with E-state index in [0.29, 0.717) is 17.2 Å². The van der Waals surface area contributed by atoms with E-state index < -0.39 is 0 Å². The fourth-order valence-corrected chi connectivity index (χ4v) is 2.32. The van der Waals surface area contributed by atoms with Crippen molar-refractivity contribution in [2.24, 2.45) is 0 Å². The van der Waals surface area contributed by atoms with E-state index in [9.17, 15) is 0 Å². The first-order valence-corrected chi connectivity index (χ1v) is 6.03. The molecule has 0 amide bonds. The SMILES string of the molecule is CCc1nnsc1-c1nc2ccc(N)cc2o1. The maximum absolute atomic E-state index is 5.70. The van der Waals surface area contributed by atoms with Gasteiger partial charge in [0.15, 0.2) is 5.58 Å². The Bertz CT molecular complexity index is 673. The molecular formula is C11H10N4OS. The van der Waals surface area contributed by atoms with Crippen molar-refractivity contribution in [1.29, 1.82) is 0 Å². The van der Waals surface area contributed by atoms with E-state index in [0.717, 1.165) is 22.5 Å². The Morgan fingerprint density at radius 2 is 2.29 bits per heavy atom. The maximum Gasteiger partial charge on any atom is 0.241 e. The van der Waals surface area contributed by atoms with Crippen molar-refractivity contribution in [3.8, 4) is 10.8 Å². The third-order valence-corrected chi connectivity index (χ3v) is 3.25. The molecule has 0 aliphatic carbocycles. The summed E-state index contributed by atoms with van der Waals surface area (Å²) in [7, 11) is 0. The van der Waals surface area contributed by atoms with Gasteiger partial charge in [0.25, 0.3) is 0 Å². The van der Waals surface area contributed by atoms with Crippen LogP contribution in [0.3, 0.4) is 0 Å². The topological polar surface area (TPSA) is 77.8 Å². The number of nitrogens with two attached hydrogens (primary N) is 1. The molecule has 0 bridgehead atoms. The Balaban J connectivity index is 2.18. The van der Waals surface area contributed by atoms with Crippen LogP contribution in [-0.2, 0) is 6.42 Å². The van der Waals surface area contributed by atoms with Gasteiger partial charge in [-0.3, -0.25) is 0 Å². The molecule has 0 aliphatic heterocycles. The summed E-state index contributed by atoms with van der Waals surface area (Å²) in [5.41, 5.74) is 8.76. The molecule has 0 saturated heterocycles. The van der Waals surface area contributed by atoms with Gasteiger partial charge in [0, 0.05) is 11.8 Å². The van der Waals surface area contributed by atoms with Gasteiger partial charge in [0.05, 0.1) is 5.69 Å². The van der Waals surface area contributed by atoms with Crippen LogP contribution in [0, 0.1) is 0 Å². The van der Waals surface area contributed by atoms with Gasteiger partial charge in [-0.15, -0.1) is 5.10 Å². The summed E-state index contributed by atoms with van der Waals surface area (Å²) in [6.07, 6.45) is 0.812. The number of nitrogen functional groups attached to an aromatic ring is 1. The molecule has 1 aromatic carbocycles. The second-order valence-corrected chi connectivity index (χ2v) is 4.40. The highest BCUT2D eigenvalue weighted by Gasteiger charge is 2.15. The predicted molar refractivity (Wildman–Crippen MR) is 66.7 cm³/mol. The Morgan fingerprint density at radius 1 is 1.41 bits per heavy atom. The summed E-state index contributed by atoms with van der Waals surface area (Å²) in [5.74, 6) is 0.567. The molecular weight excluding hydrogens is 236 g/mol. The van der Waals surface area contributed by atoms with Crippen molar-refractivity contribution >= 4 is 28.3 Å². The quantitative estimate of drug-likeness (QED) is 0.703. The number of anilines is 1. The van der Waals surface area contributed by atoms with E-state index in [2.05, 4.69) is 14.6 Å². The van der Waals surface area contributed by atoms with Crippen LogP contribution < -0.4 is 5.73 Å². The number of hydrogen-bond donors (Lipinski definition) is 1. The Morgan fingerprint density at radius 3 is 3.12 bits per heavy atom. The van der Waals surface area contributed by atoms with Gasteiger partial charge in [0.1, 0.15) is 10.4 Å². The summed E-state index contributed by atoms with van der Waals surface area (Å²) < 4.78 is 9.60. The molecule has 0 atom stereocenters. The number of oxazole rings is 1. The molecule has 0 saturated carbocycles. The van der Waals surface area contributed by atoms with Crippen molar-refractivity contribution in [3.63, 3.8) is 0 Å². The van der Waals surface area contributed by atoms with Crippen LogP contribution in [0.5, 0.6) is 0 Å². The molecule has 2 N–H and O–H groups in total. The molecule has 6 heteroatoms. The molecule has 0 fully saturated rings. The van der Waals surface area contributed by atoms with E-state index in [1.807, 2.05) is 13.0 Å². The molecule has 2 heterocycles. The Kier molecular flexibility index (Phi) is 2.29. The van der Waals surface area contributed by atoms with Gasteiger partial charge in [-0.05, 0) is 30.1 Å². The summed E-state index contributed by atoms with van der Waals surface area (Å²) >= 11 is 1.30. The van der Waals surface area contributed by atoms with E-state index in [1.54, 1.807) is 12.1 Å². The lowest BCUT2D eigenvalue weighted by atomic mass is 10.3. The van der Waals surface area contributed by atoms with Gasteiger partial charge in [-0.25, -0.2) is 4.98 Å². The lowest BCUT2D eigenvalue weighted by molar-refractivity contribution is 0.620. The fraction of sp³-hybridized carbons (Fsp3) is 0.182. The van der Waals surface area contributed by atoms with Gasteiger partial charge in [-0.2, -0.15) is 0 Å². The van der Waals surface area contributed by atoms with E-state index >= 15 is 0 Å². The zero-order chi connectivity index (χ0) is 11.8. The van der Waals surface area contributed by atoms with Gasteiger partial charge >= 0.3 is 0 Å². The molecule has 3 aromatic rings. The summed E-state index contributed by atoms with van der Waals surface area (Å²) in [5, 5.41) is 4.04. The number of benzene rings is 1. The molecule has 3 rings (SSSR count). The van der Waals surface area contributed by atoms with Crippen molar-refractivity contribution in [1.82, 2.24) is 14.6 Å². The van der Waals surface area contributed by atoms with Crippen LogP contribution in [-0.4, -0.2) is 14.6 Å². The predicted octanol–water partition coefficient (Wildman–Crippen LogP) is 2.49. The number of aryl methyl sites for hydroxylation is 1. The van der Waals surface area contributed by atoms with Gasteiger partial charge in [-0.1, -0.05) is 11.4 Å². The average Bonchev–Trinajstić information content (AvgIpc) is 2.93.